The number of benzene rings is 2. The summed E-state index contributed by atoms with van der Waals surface area (Å²) >= 11 is 8.20. The van der Waals surface area contributed by atoms with E-state index in [1.807, 2.05) is 17.8 Å². The van der Waals surface area contributed by atoms with Gasteiger partial charge >= 0.3 is 0 Å². The Morgan fingerprint density at radius 1 is 1.08 bits per heavy atom. The molecule has 2 heterocycles. The molecule has 2 aromatic rings. The highest BCUT2D eigenvalue weighted by Gasteiger charge is 2.26. The lowest BCUT2D eigenvalue weighted by atomic mass is 9.97. The number of ether oxygens (including phenoxy) is 1. The third-order valence-electron chi connectivity index (χ3n) is 5.53. The van der Waals surface area contributed by atoms with Crippen LogP contribution in [-0.4, -0.2) is 46.4 Å². The Morgan fingerprint density at radius 2 is 1.88 bits per heavy atom. The van der Waals surface area contributed by atoms with Crippen molar-refractivity contribution in [1.82, 2.24) is 0 Å². The van der Waals surface area contributed by atoms with Gasteiger partial charge in [0.2, 0.25) is 0 Å². The molecule has 3 nitrogen and oxygen atoms in total. The van der Waals surface area contributed by atoms with Crippen molar-refractivity contribution in [2.45, 2.75) is 16.8 Å². The second kappa shape index (κ2) is 8.32. The van der Waals surface area contributed by atoms with Crippen molar-refractivity contribution < 1.29 is 14.5 Å². The van der Waals surface area contributed by atoms with Crippen LogP contribution in [0.25, 0.3) is 0 Å². The molecule has 138 valence electrons. The molecule has 0 bridgehead atoms. The van der Waals surface area contributed by atoms with Gasteiger partial charge in [-0.2, -0.15) is 0 Å². The summed E-state index contributed by atoms with van der Waals surface area (Å²) in [6, 6.07) is 14.9. The van der Waals surface area contributed by atoms with Crippen LogP contribution in [0.3, 0.4) is 0 Å². The molecule has 4 rings (SSSR count). The van der Waals surface area contributed by atoms with Crippen LogP contribution in [0.2, 0.25) is 5.02 Å². The van der Waals surface area contributed by atoms with E-state index in [2.05, 4.69) is 43.4 Å². The normalized spacial score (nSPS) is 25.2. The van der Waals surface area contributed by atoms with Crippen LogP contribution >= 0.6 is 23.4 Å². The van der Waals surface area contributed by atoms with Gasteiger partial charge in [-0.1, -0.05) is 35.9 Å². The molecule has 2 aliphatic heterocycles. The second-order valence-corrected chi connectivity index (χ2v) is 8.83. The first-order chi connectivity index (χ1) is 12.7. The summed E-state index contributed by atoms with van der Waals surface area (Å²) < 4.78 is 6.50. The number of fused-ring (bicyclic) bond motifs is 2. The van der Waals surface area contributed by atoms with E-state index in [0.29, 0.717) is 0 Å². The minimum Gasteiger partial charge on any atom is -0.363 e. The zero-order valence-electron chi connectivity index (χ0n) is 15.3. The van der Waals surface area contributed by atoms with Crippen molar-refractivity contribution in [2.75, 3.05) is 46.4 Å². The van der Waals surface area contributed by atoms with Crippen molar-refractivity contribution in [2.24, 2.45) is 0 Å². The zero-order valence-corrected chi connectivity index (χ0v) is 16.8. The molecule has 0 aliphatic carbocycles. The fraction of sp³-hybridized carbons (Fsp3) is 0.429. The number of hydrogen-bond donors (Lipinski definition) is 2. The minimum absolute atomic E-state index is 0.0209. The predicted octanol–water partition coefficient (Wildman–Crippen LogP) is 1.46. The first kappa shape index (κ1) is 18.3. The third-order valence-corrected chi connectivity index (χ3v) is 6.90. The molecule has 2 aliphatic rings. The average molecular weight is 391 g/mol. The molecule has 0 aromatic heterocycles. The summed E-state index contributed by atoms with van der Waals surface area (Å²) in [5.41, 5.74) is 3.87. The molecule has 0 saturated carbocycles. The van der Waals surface area contributed by atoms with Crippen LogP contribution in [0.15, 0.2) is 47.4 Å². The van der Waals surface area contributed by atoms with E-state index in [9.17, 15) is 0 Å². The Hall–Kier alpha value is -1.04. The van der Waals surface area contributed by atoms with E-state index in [1.54, 1.807) is 9.80 Å². The molecule has 2 N–H and O–H groups in total. The molecular weight excluding hydrogens is 364 g/mol. The quantitative estimate of drug-likeness (QED) is 0.823. The van der Waals surface area contributed by atoms with Gasteiger partial charge < -0.3 is 14.5 Å². The average Bonchev–Trinajstić information content (AvgIpc) is 2.81. The lowest BCUT2D eigenvalue weighted by Crippen LogP contribution is -3.27. The third kappa shape index (κ3) is 4.10. The van der Waals surface area contributed by atoms with Gasteiger partial charge in [-0.15, -0.1) is 11.8 Å². The molecule has 2 aromatic carbocycles. The summed E-state index contributed by atoms with van der Waals surface area (Å²) in [5.74, 6) is 0.983. The molecule has 1 saturated heterocycles. The predicted molar refractivity (Wildman–Crippen MR) is 107 cm³/mol. The Labute approximate surface area is 165 Å². The highest BCUT2D eigenvalue weighted by molar-refractivity contribution is 7.98. The number of halogens is 1. The Balaban J connectivity index is 1.53. The second-order valence-electron chi connectivity index (χ2n) is 7.38. The highest BCUT2D eigenvalue weighted by atomic mass is 35.5. The summed E-state index contributed by atoms with van der Waals surface area (Å²) in [7, 11) is 2.29. The minimum atomic E-state index is -0.0209. The van der Waals surface area contributed by atoms with Crippen LogP contribution in [0.5, 0.6) is 0 Å². The SMILES string of the molecule is C[NH+]1CC[NH+](CCO[C@H]2c3ccccc3CSc3ccc(Cl)cc32)CC1. The van der Waals surface area contributed by atoms with Crippen molar-refractivity contribution >= 4 is 23.4 Å². The largest absolute Gasteiger partial charge is 0.363 e. The Kier molecular flexibility index (Phi) is 5.87. The summed E-state index contributed by atoms with van der Waals surface area (Å²) in [6.45, 7) is 6.87. The number of quaternary nitrogens is 2. The van der Waals surface area contributed by atoms with Crippen LogP contribution in [0.1, 0.15) is 22.8 Å². The molecule has 1 atom stereocenters. The van der Waals surface area contributed by atoms with Gasteiger partial charge in [0, 0.05) is 21.2 Å². The van der Waals surface area contributed by atoms with Crippen LogP contribution in [-0.2, 0) is 10.5 Å². The standard InChI is InChI=1S/C21H25ClN2OS/c1-23-8-10-24(11-9-23)12-13-25-21-18-5-3-2-4-16(18)15-26-20-7-6-17(22)14-19(20)21/h2-7,14,21H,8-13,15H2,1H3/p+2/t21-/m0/s1. The van der Waals surface area contributed by atoms with Crippen molar-refractivity contribution in [1.29, 1.82) is 0 Å². The molecular formula is C21H27ClN2OS+2. The van der Waals surface area contributed by atoms with E-state index in [-0.39, 0.29) is 6.10 Å². The number of likely N-dealkylation sites (N-methyl/N-ethyl adjacent to an activating group) is 1. The van der Waals surface area contributed by atoms with Crippen LogP contribution < -0.4 is 9.80 Å². The maximum atomic E-state index is 6.50. The number of rotatable bonds is 4. The summed E-state index contributed by atoms with van der Waals surface area (Å²) in [6.07, 6.45) is -0.0209. The van der Waals surface area contributed by atoms with Crippen molar-refractivity contribution in [3.05, 3.63) is 64.2 Å². The van der Waals surface area contributed by atoms with E-state index in [4.69, 9.17) is 16.3 Å². The number of piperazine rings is 1. The fourth-order valence-electron chi connectivity index (χ4n) is 3.88. The van der Waals surface area contributed by atoms with Crippen LogP contribution in [0, 0.1) is 0 Å². The Morgan fingerprint density at radius 3 is 2.73 bits per heavy atom. The van der Waals surface area contributed by atoms with E-state index in [1.165, 1.54) is 47.8 Å². The van der Waals surface area contributed by atoms with E-state index < -0.39 is 0 Å². The topological polar surface area (TPSA) is 18.1 Å². The number of thioether (sulfide) groups is 1. The lowest BCUT2D eigenvalue weighted by Gasteiger charge is -2.28. The molecule has 0 spiro atoms. The Bertz CT molecular complexity index is 761. The number of nitrogens with one attached hydrogen (secondary N) is 2. The van der Waals surface area contributed by atoms with E-state index >= 15 is 0 Å². The smallest absolute Gasteiger partial charge is 0.127 e. The van der Waals surface area contributed by atoms with Crippen molar-refractivity contribution in [3.8, 4) is 0 Å². The monoisotopic (exact) mass is 390 g/mol. The summed E-state index contributed by atoms with van der Waals surface area (Å²) in [4.78, 5) is 4.59. The van der Waals surface area contributed by atoms with Crippen molar-refractivity contribution in [3.63, 3.8) is 0 Å². The molecule has 0 unspecified atom stereocenters. The maximum Gasteiger partial charge on any atom is 0.127 e. The van der Waals surface area contributed by atoms with Gasteiger partial charge in [0.15, 0.2) is 0 Å². The molecule has 26 heavy (non-hydrogen) atoms. The maximum absolute atomic E-state index is 6.50. The zero-order chi connectivity index (χ0) is 17.9. The first-order valence-electron chi connectivity index (χ1n) is 9.47. The van der Waals surface area contributed by atoms with Gasteiger partial charge in [0.05, 0.1) is 13.7 Å². The van der Waals surface area contributed by atoms with E-state index in [0.717, 1.165) is 23.9 Å². The van der Waals surface area contributed by atoms with Gasteiger partial charge in [0.25, 0.3) is 0 Å². The lowest BCUT2D eigenvalue weighted by molar-refractivity contribution is -1.00. The van der Waals surface area contributed by atoms with Crippen LogP contribution in [0.4, 0.5) is 0 Å². The molecule has 0 radical (unpaired) electrons. The van der Waals surface area contributed by atoms with Gasteiger partial charge in [-0.05, 0) is 29.3 Å². The first-order valence-corrected chi connectivity index (χ1v) is 10.8. The van der Waals surface area contributed by atoms with Gasteiger partial charge in [0.1, 0.15) is 38.8 Å². The van der Waals surface area contributed by atoms with Gasteiger partial charge in [-0.25, -0.2) is 0 Å². The fourth-order valence-corrected chi connectivity index (χ4v) is 5.13. The highest BCUT2D eigenvalue weighted by Crippen LogP contribution is 2.41. The molecule has 0 amide bonds. The number of hydrogen-bond acceptors (Lipinski definition) is 2. The summed E-state index contributed by atoms with van der Waals surface area (Å²) in [5, 5.41) is 0.782. The van der Waals surface area contributed by atoms with Gasteiger partial charge in [-0.3, -0.25) is 0 Å². The molecule has 1 fully saturated rings. The molecule has 5 heteroatoms.